The molecule has 4 nitrogen and oxygen atoms in total. The Morgan fingerprint density at radius 3 is 2.65 bits per heavy atom. The van der Waals surface area contributed by atoms with Gasteiger partial charge in [-0.05, 0) is 36.0 Å². The zero-order valence-corrected chi connectivity index (χ0v) is 12.7. The summed E-state index contributed by atoms with van der Waals surface area (Å²) in [4.78, 5) is 0.00162. The predicted octanol–water partition coefficient (Wildman–Crippen LogP) is 1.95. The van der Waals surface area contributed by atoms with E-state index in [1.54, 1.807) is 0 Å². The number of halogens is 1. The highest BCUT2D eigenvalue weighted by atomic mass is 32.2. The summed E-state index contributed by atoms with van der Waals surface area (Å²) in [6, 6.07) is 3.75. The van der Waals surface area contributed by atoms with E-state index in [1.807, 2.05) is 6.92 Å². The molecule has 1 heterocycles. The normalized spacial score (nSPS) is 24.8. The van der Waals surface area contributed by atoms with Gasteiger partial charge in [-0.2, -0.15) is 4.31 Å². The number of nitrogens with zero attached hydrogens (tertiary/aromatic N) is 1. The lowest BCUT2D eigenvalue weighted by Crippen LogP contribution is -2.42. The maximum absolute atomic E-state index is 13.4. The van der Waals surface area contributed by atoms with Crippen LogP contribution in [0.25, 0.3) is 0 Å². The van der Waals surface area contributed by atoms with E-state index in [-0.39, 0.29) is 11.4 Å². The van der Waals surface area contributed by atoms with E-state index < -0.39 is 15.8 Å². The molecule has 0 saturated carbocycles. The largest absolute Gasteiger partial charge is 0.326 e. The van der Waals surface area contributed by atoms with Gasteiger partial charge in [-0.25, -0.2) is 12.8 Å². The summed E-state index contributed by atoms with van der Waals surface area (Å²) in [6.07, 6.45) is 0.827. The molecule has 2 N–H and O–H groups in total. The lowest BCUT2D eigenvalue weighted by Gasteiger charge is -2.34. The Balaban J connectivity index is 2.38. The molecule has 1 aromatic rings. The van der Waals surface area contributed by atoms with Crippen molar-refractivity contribution in [1.82, 2.24) is 4.31 Å². The molecule has 0 bridgehead atoms. The van der Waals surface area contributed by atoms with Crippen LogP contribution < -0.4 is 5.73 Å². The molecule has 20 heavy (non-hydrogen) atoms. The van der Waals surface area contributed by atoms with Crippen molar-refractivity contribution in [1.29, 1.82) is 0 Å². The molecule has 6 heteroatoms. The number of rotatable bonds is 3. The van der Waals surface area contributed by atoms with E-state index in [4.69, 9.17) is 5.73 Å². The molecule has 0 radical (unpaired) electrons. The van der Waals surface area contributed by atoms with Gasteiger partial charge < -0.3 is 5.73 Å². The molecule has 0 aliphatic carbocycles. The van der Waals surface area contributed by atoms with Gasteiger partial charge in [-0.3, -0.25) is 0 Å². The predicted molar refractivity (Wildman–Crippen MR) is 76.0 cm³/mol. The fraction of sp³-hybridized carbons (Fsp3) is 0.571. The minimum absolute atomic E-state index is 0.00162. The second kappa shape index (κ2) is 5.79. The maximum Gasteiger partial charge on any atom is 0.243 e. The molecule has 1 aromatic carbocycles. The molecular weight excluding hydrogens is 279 g/mol. The summed E-state index contributed by atoms with van der Waals surface area (Å²) in [7, 11) is -3.67. The van der Waals surface area contributed by atoms with Gasteiger partial charge >= 0.3 is 0 Å². The first-order valence-electron chi connectivity index (χ1n) is 6.85. The highest BCUT2D eigenvalue weighted by molar-refractivity contribution is 7.89. The maximum atomic E-state index is 13.4. The van der Waals surface area contributed by atoms with Crippen LogP contribution in [-0.2, 0) is 16.6 Å². The van der Waals surface area contributed by atoms with Gasteiger partial charge in [0.15, 0.2) is 0 Å². The highest BCUT2D eigenvalue weighted by Gasteiger charge is 2.33. The summed E-state index contributed by atoms with van der Waals surface area (Å²) in [6.45, 7) is 5.21. The molecule has 112 valence electrons. The van der Waals surface area contributed by atoms with E-state index in [9.17, 15) is 12.8 Å². The van der Waals surface area contributed by atoms with Gasteiger partial charge in [0.2, 0.25) is 10.0 Å². The Morgan fingerprint density at radius 2 is 2.05 bits per heavy atom. The number of piperidine rings is 1. The van der Waals surface area contributed by atoms with Crippen molar-refractivity contribution in [3.05, 3.63) is 29.6 Å². The summed E-state index contributed by atoms with van der Waals surface area (Å²) in [5, 5.41) is 0. The van der Waals surface area contributed by atoms with E-state index in [0.717, 1.165) is 12.5 Å². The fourth-order valence-electron chi connectivity index (χ4n) is 2.52. The standard InChI is InChI=1S/C14H21FN2O2S/c1-10-5-6-17(9-11(10)2)20(18,19)14-7-13(15)4-3-12(14)8-16/h3-4,7,10-11H,5-6,8-9,16H2,1-2H3. The third kappa shape index (κ3) is 2.87. The van der Waals surface area contributed by atoms with Crippen molar-refractivity contribution >= 4 is 10.0 Å². The van der Waals surface area contributed by atoms with Gasteiger partial charge in [-0.1, -0.05) is 19.9 Å². The lowest BCUT2D eigenvalue weighted by atomic mass is 9.90. The average molecular weight is 300 g/mol. The van der Waals surface area contributed by atoms with Crippen molar-refractivity contribution in [2.24, 2.45) is 17.6 Å². The van der Waals surface area contributed by atoms with Crippen LogP contribution in [0.4, 0.5) is 4.39 Å². The minimum atomic E-state index is -3.67. The van der Waals surface area contributed by atoms with Crippen molar-refractivity contribution in [3.63, 3.8) is 0 Å². The highest BCUT2D eigenvalue weighted by Crippen LogP contribution is 2.28. The quantitative estimate of drug-likeness (QED) is 0.928. The van der Waals surface area contributed by atoms with E-state index in [0.29, 0.717) is 30.5 Å². The Labute approximate surface area is 119 Å². The van der Waals surface area contributed by atoms with E-state index in [2.05, 4.69) is 6.92 Å². The molecule has 2 rings (SSSR count). The molecule has 2 atom stereocenters. The number of sulfonamides is 1. The van der Waals surface area contributed by atoms with Crippen LogP contribution in [0.1, 0.15) is 25.8 Å². The summed E-state index contributed by atoms with van der Waals surface area (Å²) in [5.74, 6) is 0.246. The van der Waals surface area contributed by atoms with Gasteiger partial charge in [0, 0.05) is 19.6 Å². The third-order valence-electron chi connectivity index (χ3n) is 4.16. The van der Waals surface area contributed by atoms with Crippen LogP contribution >= 0.6 is 0 Å². The van der Waals surface area contributed by atoms with Gasteiger partial charge in [0.05, 0.1) is 4.90 Å². The van der Waals surface area contributed by atoms with Crippen molar-refractivity contribution in [3.8, 4) is 0 Å². The van der Waals surface area contributed by atoms with Crippen molar-refractivity contribution < 1.29 is 12.8 Å². The van der Waals surface area contributed by atoms with Crippen LogP contribution in [0.15, 0.2) is 23.1 Å². The molecule has 1 aliphatic rings. The second-order valence-corrected chi connectivity index (χ2v) is 7.47. The zero-order valence-electron chi connectivity index (χ0n) is 11.8. The number of benzene rings is 1. The molecule has 1 aliphatic heterocycles. The first-order valence-corrected chi connectivity index (χ1v) is 8.29. The number of hydrogen-bond acceptors (Lipinski definition) is 3. The van der Waals surface area contributed by atoms with Crippen molar-refractivity contribution in [2.75, 3.05) is 13.1 Å². The topological polar surface area (TPSA) is 63.4 Å². The van der Waals surface area contributed by atoms with Crippen LogP contribution in [0.2, 0.25) is 0 Å². The van der Waals surface area contributed by atoms with Gasteiger partial charge in [-0.15, -0.1) is 0 Å². The van der Waals surface area contributed by atoms with Gasteiger partial charge in [0.25, 0.3) is 0 Å². The van der Waals surface area contributed by atoms with E-state index in [1.165, 1.54) is 16.4 Å². The summed E-state index contributed by atoms with van der Waals surface area (Å²) < 4.78 is 40.2. The fourth-order valence-corrected chi connectivity index (χ4v) is 4.32. The Bertz CT molecular complexity index is 589. The smallest absolute Gasteiger partial charge is 0.243 e. The minimum Gasteiger partial charge on any atom is -0.326 e. The Hall–Kier alpha value is -0.980. The van der Waals surface area contributed by atoms with Gasteiger partial charge in [0.1, 0.15) is 5.82 Å². The number of nitrogens with two attached hydrogens (primary N) is 1. The third-order valence-corrected chi connectivity index (χ3v) is 6.11. The first kappa shape index (κ1) is 15.4. The first-order chi connectivity index (χ1) is 9.36. The lowest BCUT2D eigenvalue weighted by molar-refractivity contribution is 0.212. The molecule has 0 amide bonds. The van der Waals surface area contributed by atoms with Crippen LogP contribution in [-0.4, -0.2) is 25.8 Å². The Morgan fingerprint density at radius 1 is 1.35 bits per heavy atom. The molecule has 1 fully saturated rings. The molecule has 0 spiro atoms. The SMILES string of the molecule is CC1CCN(S(=O)(=O)c2cc(F)ccc2CN)CC1C. The molecule has 2 unspecified atom stereocenters. The average Bonchev–Trinajstić information content (AvgIpc) is 2.41. The van der Waals surface area contributed by atoms with Crippen molar-refractivity contribution in [2.45, 2.75) is 31.7 Å². The summed E-state index contributed by atoms with van der Waals surface area (Å²) in [5.41, 5.74) is 6.03. The second-order valence-electron chi connectivity index (χ2n) is 5.56. The molecular formula is C14H21FN2O2S. The van der Waals surface area contributed by atoms with E-state index >= 15 is 0 Å². The zero-order chi connectivity index (χ0) is 14.9. The van der Waals surface area contributed by atoms with Crippen LogP contribution in [0, 0.1) is 17.7 Å². The summed E-state index contributed by atoms with van der Waals surface area (Å²) >= 11 is 0. The van der Waals surface area contributed by atoms with Crippen LogP contribution in [0.3, 0.4) is 0 Å². The van der Waals surface area contributed by atoms with Crippen LogP contribution in [0.5, 0.6) is 0 Å². The monoisotopic (exact) mass is 300 g/mol. The number of hydrogen-bond donors (Lipinski definition) is 1. The molecule has 0 aromatic heterocycles. The Kier molecular flexibility index (Phi) is 4.46. The molecule has 1 saturated heterocycles.